The number of H-pyrrole nitrogens is 1. The average molecular weight is 364 g/mol. The molecule has 10 heteroatoms. The summed E-state index contributed by atoms with van der Waals surface area (Å²) >= 11 is 0. The van der Waals surface area contributed by atoms with Crippen molar-refractivity contribution in [1.82, 2.24) is 9.29 Å². The quantitative estimate of drug-likeness (QED) is 0.887. The van der Waals surface area contributed by atoms with Crippen LogP contribution in [0.1, 0.15) is 19.8 Å². The lowest BCUT2D eigenvalue weighted by molar-refractivity contribution is -0.193. The summed E-state index contributed by atoms with van der Waals surface area (Å²) in [4.78, 5) is 13.3. The number of hydrogen-bond acceptors (Lipinski definition) is 4. The van der Waals surface area contributed by atoms with E-state index in [0.29, 0.717) is 5.52 Å². The minimum atomic E-state index is -4.45. The number of nitrogens with zero attached hydrogens (tertiary/aromatic N) is 1. The van der Waals surface area contributed by atoms with Crippen molar-refractivity contribution in [3.63, 3.8) is 0 Å². The topological polar surface area (TPSA) is 83.4 Å². The first kappa shape index (κ1) is 17.0. The molecule has 0 bridgehead atoms. The SMILES string of the molecule is CC1C(C(F)(F)F)CCCN1S(=O)(=O)c1ccc2[nH]c(=O)oc2c1. The molecule has 1 aromatic carbocycles. The standard InChI is InChI=1S/C14H15F3N2O4S/c1-8-10(14(15,16)17)3-2-6-19(8)24(21,22)9-4-5-11-12(7-9)23-13(20)18-11/h4-5,7-8,10H,2-3,6H2,1H3,(H,18,20). The number of hydrogen-bond donors (Lipinski definition) is 1. The number of fused-ring (bicyclic) bond motifs is 1. The number of halogens is 3. The molecule has 2 heterocycles. The number of oxazole rings is 1. The number of benzene rings is 1. The zero-order chi connectivity index (χ0) is 17.7. The van der Waals surface area contributed by atoms with Crippen molar-refractivity contribution in [2.45, 2.75) is 36.9 Å². The summed E-state index contributed by atoms with van der Waals surface area (Å²) < 4.78 is 70.5. The molecule has 1 aliphatic rings. The van der Waals surface area contributed by atoms with Gasteiger partial charge in [0.1, 0.15) is 0 Å². The second-order valence-electron chi connectivity index (χ2n) is 5.82. The number of rotatable bonds is 2. The van der Waals surface area contributed by atoms with Crippen LogP contribution in [-0.2, 0) is 10.0 Å². The first-order valence-corrected chi connectivity index (χ1v) is 8.76. The van der Waals surface area contributed by atoms with Gasteiger partial charge in [-0.15, -0.1) is 0 Å². The molecule has 6 nitrogen and oxygen atoms in total. The van der Waals surface area contributed by atoms with Crippen molar-refractivity contribution in [3.05, 3.63) is 28.7 Å². The first-order chi connectivity index (χ1) is 11.1. The molecule has 2 atom stereocenters. The van der Waals surface area contributed by atoms with E-state index in [2.05, 4.69) is 4.98 Å². The van der Waals surface area contributed by atoms with Gasteiger partial charge >= 0.3 is 11.9 Å². The number of nitrogens with one attached hydrogen (secondary N) is 1. The van der Waals surface area contributed by atoms with E-state index in [-0.39, 0.29) is 29.9 Å². The Balaban J connectivity index is 2.00. The Morgan fingerprint density at radius 1 is 1.33 bits per heavy atom. The molecule has 2 aromatic rings. The van der Waals surface area contributed by atoms with Gasteiger partial charge in [-0.3, -0.25) is 4.98 Å². The molecule has 24 heavy (non-hydrogen) atoms. The Morgan fingerprint density at radius 3 is 2.71 bits per heavy atom. The molecule has 132 valence electrons. The highest BCUT2D eigenvalue weighted by molar-refractivity contribution is 7.89. The van der Waals surface area contributed by atoms with Crippen LogP contribution in [0.25, 0.3) is 11.1 Å². The van der Waals surface area contributed by atoms with Gasteiger partial charge in [0.15, 0.2) is 5.58 Å². The molecular formula is C14H15F3N2O4S. The van der Waals surface area contributed by atoms with Gasteiger partial charge in [-0.25, -0.2) is 13.2 Å². The first-order valence-electron chi connectivity index (χ1n) is 7.32. The predicted octanol–water partition coefficient (Wildman–Crippen LogP) is 2.47. The Morgan fingerprint density at radius 2 is 2.04 bits per heavy atom. The minimum Gasteiger partial charge on any atom is -0.408 e. The van der Waals surface area contributed by atoms with Gasteiger partial charge < -0.3 is 4.42 Å². The van der Waals surface area contributed by atoms with Crippen LogP contribution < -0.4 is 5.76 Å². The molecule has 3 rings (SSSR count). The van der Waals surface area contributed by atoms with Crippen LogP contribution >= 0.6 is 0 Å². The van der Waals surface area contributed by atoms with Crippen LogP contribution in [0, 0.1) is 5.92 Å². The Bertz CT molecular complexity index is 916. The van der Waals surface area contributed by atoms with Crippen molar-refractivity contribution >= 4 is 21.1 Å². The molecule has 1 N–H and O–H groups in total. The Hall–Kier alpha value is -1.81. The lowest BCUT2D eigenvalue weighted by atomic mass is 9.91. The third kappa shape index (κ3) is 2.84. The third-order valence-corrected chi connectivity index (χ3v) is 6.33. The van der Waals surface area contributed by atoms with Crippen LogP contribution in [0.2, 0.25) is 0 Å². The van der Waals surface area contributed by atoms with E-state index in [1.165, 1.54) is 19.1 Å². The third-order valence-electron chi connectivity index (χ3n) is 4.35. The van der Waals surface area contributed by atoms with Crippen molar-refractivity contribution < 1.29 is 26.0 Å². The summed E-state index contributed by atoms with van der Waals surface area (Å²) in [6, 6.07) is 2.54. The fourth-order valence-corrected chi connectivity index (χ4v) is 4.83. The van der Waals surface area contributed by atoms with Crippen LogP contribution in [0.3, 0.4) is 0 Å². The number of aromatic amines is 1. The molecule has 2 unspecified atom stereocenters. The summed E-state index contributed by atoms with van der Waals surface area (Å²) in [5.41, 5.74) is 0.358. The lowest BCUT2D eigenvalue weighted by Gasteiger charge is -2.39. The summed E-state index contributed by atoms with van der Waals surface area (Å²) in [6.45, 7) is 1.29. The number of piperidine rings is 1. The van der Waals surface area contributed by atoms with Crippen molar-refractivity contribution in [3.8, 4) is 0 Å². The van der Waals surface area contributed by atoms with E-state index < -0.39 is 33.9 Å². The monoisotopic (exact) mass is 364 g/mol. The molecule has 0 saturated carbocycles. The van der Waals surface area contributed by atoms with Crippen molar-refractivity contribution in [1.29, 1.82) is 0 Å². The van der Waals surface area contributed by atoms with Crippen LogP contribution in [0.4, 0.5) is 13.2 Å². The van der Waals surface area contributed by atoms with E-state index in [9.17, 15) is 26.4 Å². The molecule has 0 spiro atoms. The number of aromatic nitrogens is 1. The summed E-state index contributed by atoms with van der Waals surface area (Å²) in [6.07, 6.45) is -4.41. The highest BCUT2D eigenvalue weighted by atomic mass is 32.2. The number of sulfonamides is 1. The van der Waals surface area contributed by atoms with Gasteiger partial charge in [-0.05, 0) is 31.9 Å². The second-order valence-corrected chi connectivity index (χ2v) is 7.71. The Kier molecular flexibility index (Phi) is 3.99. The largest absolute Gasteiger partial charge is 0.417 e. The average Bonchev–Trinajstić information content (AvgIpc) is 2.85. The fourth-order valence-electron chi connectivity index (χ4n) is 3.11. The van der Waals surface area contributed by atoms with Gasteiger partial charge in [0.05, 0.1) is 16.3 Å². The molecule has 0 amide bonds. The molecule has 1 fully saturated rings. The van der Waals surface area contributed by atoms with Gasteiger partial charge in [0.25, 0.3) is 0 Å². The zero-order valence-corrected chi connectivity index (χ0v) is 13.4. The highest BCUT2D eigenvalue weighted by Crippen LogP contribution is 2.39. The van der Waals surface area contributed by atoms with Crippen LogP contribution in [0.5, 0.6) is 0 Å². The summed E-state index contributed by atoms with van der Waals surface area (Å²) in [7, 11) is -4.13. The fraction of sp³-hybridized carbons (Fsp3) is 0.500. The highest BCUT2D eigenvalue weighted by Gasteiger charge is 2.49. The van der Waals surface area contributed by atoms with E-state index >= 15 is 0 Å². The molecule has 1 aromatic heterocycles. The van der Waals surface area contributed by atoms with E-state index in [4.69, 9.17) is 4.42 Å². The van der Waals surface area contributed by atoms with E-state index in [0.717, 1.165) is 10.4 Å². The van der Waals surface area contributed by atoms with Gasteiger partial charge in [-0.2, -0.15) is 17.5 Å². The second kappa shape index (κ2) is 5.62. The smallest absolute Gasteiger partial charge is 0.408 e. The van der Waals surface area contributed by atoms with Crippen molar-refractivity contribution in [2.24, 2.45) is 5.92 Å². The van der Waals surface area contributed by atoms with Crippen molar-refractivity contribution in [2.75, 3.05) is 6.54 Å². The minimum absolute atomic E-state index is 0.0191. The van der Waals surface area contributed by atoms with Crippen LogP contribution in [0.15, 0.2) is 32.3 Å². The molecule has 1 aliphatic heterocycles. The molecule has 0 aliphatic carbocycles. The lowest BCUT2D eigenvalue weighted by Crippen LogP contribution is -2.50. The summed E-state index contributed by atoms with van der Waals surface area (Å²) in [5, 5.41) is 0. The van der Waals surface area contributed by atoms with E-state index in [1.807, 2.05) is 0 Å². The van der Waals surface area contributed by atoms with E-state index in [1.54, 1.807) is 0 Å². The Labute approximate surface area is 135 Å². The maximum atomic E-state index is 13.1. The molecular weight excluding hydrogens is 349 g/mol. The van der Waals surface area contributed by atoms with Crippen LogP contribution in [-0.4, -0.2) is 36.5 Å². The molecule has 0 radical (unpaired) electrons. The van der Waals surface area contributed by atoms with Gasteiger partial charge in [-0.1, -0.05) is 0 Å². The normalized spacial score (nSPS) is 23.7. The molecule has 1 saturated heterocycles. The zero-order valence-electron chi connectivity index (χ0n) is 12.6. The summed E-state index contributed by atoms with van der Waals surface area (Å²) in [5.74, 6) is -2.43. The predicted molar refractivity (Wildman–Crippen MR) is 79.0 cm³/mol. The van der Waals surface area contributed by atoms with Gasteiger partial charge in [0.2, 0.25) is 10.0 Å². The van der Waals surface area contributed by atoms with Gasteiger partial charge in [0, 0.05) is 18.7 Å². The maximum absolute atomic E-state index is 13.1. The number of alkyl halides is 3. The maximum Gasteiger partial charge on any atom is 0.417 e.